The first-order chi connectivity index (χ1) is 14.1. The summed E-state index contributed by atoms with van der Waals surface area (Å²) in [6.07, 6.45) is 0.729. The van der Waals surface area contributed by atoms with E-state index in [0.29, 0.717) is 31.9 Å². The molecule has 0 spiro atoms. The van der Waals surface area contributed by atoms with E-state index in [1.807, 2.05) is 30.3 Å². The molecule has 3 aromatic rings. The lowest BCUT2D eigenvalue weighted by atomic mass is 10.2. The fraction of sp³-hybridized carbons (Fsp3) is 0.227. The number of fused-ring (bicyclic) bond motifs is 1. The van der Waals surface area contributed by atoms with E-state index in [1.165, 1.54) is 12.1 Å². The molecule has 0 unspecified atom stereocenters. The van der Waals surface area contributed by atoms with Crippen molar-refractivity contribution in [2.75, 3.05) is 6.54 Å². The lowest BCUT2D eigenvalue weighted by molar-refractivity contribution is 0.0745. The van der Waals surface area contributed by atoms with E-state index >= 15 is 0 Å². The molecular weight excluding hydrogens is 371 g/mol. The third-order valence-corrected chi connectivity index (χ3v) is 4.90. The number of hydrogen-bond acceptors (Lipinski definition) is 3. The normalized spacial score (nSPS) is 13.7. The van der Waals surface area contributed by atoms with Crippen LogP contribution < -0.4 is 5.32 Å². The lowest BCUT2D eigenvalue weighted by Gasteiger charge is -2.20. The predicted octanol–water partition coefficient (Wildman–Crippen LogP) is 3.00. The molecule has 0 saturated heterocycles. The Bertz CT molecular complexity index is 1020. The minimum atomic E-state index is -0.313. The molecule has 0 saturated carbocycles. The Morgan fingerprint density at radius 1 is 1.03 bits per heavy atom. The summed E-state index contributed by atoms with van der Waals surface area (Å²) in [7, 11) is 0. The molecule has 0 fully saturated rings. The number of rotatable bonds is 5. The number of aryl methyl sites for hydroxylation is 1. The average molecular weight is 392 g/mol. The summed E-state index contributed by atoms with van der Waals surface area (Å²) in [5.41, 5.74) is 2.47. The van der Waals surface area contributed by atoms with Gasteiger partial charge in [0, 0.05) is 32.2 Å². The second-order valence-electron chi connectivity index (χ2n) is 7.01. The lowest BCUT2D eigenvalue weighted by Crippen LogP contribution is -2.30. The maximum Gasteiger partial charge on any atom is 0.272 e. The van der Waals surface area contributed by atoms with E-state index < -0.39 is 0 Å². The Labute approximate surface area is 167 Å². The number of nitrogens with one attached hydrogen (secondary N) is 1. The van der Waals surface area contributed by atoms with Crippen LogP contribution in [-0.4, -0.2) is 33.0 Å². The zero-order valence-electron chi connectivity index (χ0n) is 15.8. The van der Waals surface area contributed by atoms with Crippen molar-refractivity contribution in [2.24, 2.45) is 0 Å². The van der Waals surface area contributed by atoms with Crippen molar-refractivity contribution < 1.29 is 14.0 Å². The highest BCUT2D eigenvalue weighted by molar-refractivity contribution is 5.98. The molecule has 0 radical (unpaired) electrons. The van der Waals surface area contributed by atoms with E-state index in [1.54, 1.807) is 27.8 Å². The molecule has 7 heteroatoms. The second-order valence-corrected chi connectivity index (χ2v) is 7.01. The first-order valence-corrected chi connectivity index (χ1v) is 9.54. The highest BCUT2D eigenvalue weighted by Gasteiger charge is 2.26. The van der Waals surface area contributed by atoms with Crippen molar-refractivity contribution in [3.8, 4) is 0 Å². The van der Waals surface area contributed by atoms with Gasteiger partial charge in [-0.25, -0.2) is 4.39 Å². The first kappa shape index (κ1) is 18.9. The molecule has 2 aromatic carbocycles. The molecule has 1 aliphatic heterocycles. The van der Waals surface area contributed by atoms with Crippen molar-refractivity contribution in [3.63, 3.8) is 0 Å². The number of halogens is 1. The minimum absolute atomic E-state index is 0.179. The maximum atomic E-state index is 13.1. The summed E-state index contributed by atoms with van der Waals surface area (Å²) in [6, 6.07) is 17.3. The number of hydrogen-bond donors (Lipinski definition) is 1. The quantitative estimate of drug-likeness (QED) is 0.726. The van der Waals surface area contributed by atoms with Crippen molar-refractivity contribution in [3.05, 3.63) is 89.0 Å². The van der Waals surface area contributed by atoms with Crippen LogP contribution >= 0.6 is 0 Å². The summed E-state index contributed by atoms with van der Waals surface area (Å²) < 4.78 is 14.7. The van der Waals surface area contributed by atoms with Gasteiger partial charge in [-0.05, 0) is 29.7 Å². The Hall–Kier alpha value is -3.48. The van der Waals surface area contributed by atoms with Crippen molar-refractivity contribution >= 4 is 11.8 Å². The van der Waals surface area contributed by atoms with E-state index in [-0.39, 0.29) is 23.3 Å². The zero-order chi connectivity index (χ0) is 20.2. The van der Waals surface area contributed by atoms with Gasteiger partial charge in [0.2, 0.25) is 0 Å². The van der Waals surface area contributed by atoms with Crippen LogP contribution in [-0.2, 0) is 19.6 Å². The van der Waals surface area contributed by atoms with Crippen LogP contribution in [0, 0.1) is 5.82 Å². The molecule has 0 bridgehead atoms. The van der Waals surface area contributed by atoms with Gasteiger partial charge in [0.25, 0.3) is 11.8 Å². The standard InChI is InChI=1S/C22H21FN4O2/c23-18-9-7-17(8-10-18)15-26-11-4-12-27-20(22(26)29)13-19(25-27)21(28)24-14-16-5-2-1-3-6-16/h1-3,5-10,13H,4,11-12,14-15H2,(H,24,28). The molecule has 4 rings (SSSR count). The zero-order valence-corrected chi connectivity index (χ0v) is 15.8. The fourth-order valence-corrected chi connectivity index (χ4v) is 3.38. The number of aromatic nitrogens is 2. The van der Waals surface area contributed by atoms with Crippen LogP contribution in [0.15, 0.2) is 60.7 Å². The summed E-state index contributed by atoms with van der Waals surface area (Å²) >= 11 is 0. The van der Waals surface area contributed by atoms with Crippen LogP contribution in [0.2, 0.25) is 0 Å². The molecule has 1 aliphatic rings. The number of nitrogens with zero attached hydrogens (tertiary/aromatic N) is 3. The van der Waals surface area contributed by atoms with Gasteiger partial charge in [-0.15, -0.1) is 0 Å². The first-order valence-electron chi connectivity index (χ1n) is 9.54. The van der Waals surface area contributed by atoms with E-state index in [2.05, 4.69) is 10.4 Å². The van der Waals surface area contributed by atoms with Crippen LogP contribution in [0.25, 0.3) is 0 Å². The monoisotopic (exact) mass is 392 g/mol. The largest absolute Gasteiger partial charge is 0.347 e. The van der Waals surface area contributed by atoms with Gasteiger partial charge in [0.1, 0.15) is 11.5 Å². The smallest absolute Gasteiger partial charge is 0.272 e. The highest BCUT2D eigenvalue weighted by Crippen LogP contribution is 2.17. The van der Waals surface area contributed by atoms with E-state index in [4.69, 9.17) is 0 Å². The molecule has 29 heavy (non-hydrogen) atoms. The van der Waals surface area contributed by atoms with Gasteiger partial charge in [0.05, 0.1) is 0 Å². The number of carbonyl (C=O) groups excluding carboxylic acids is 2. The molecule has 0 aliphatic carbocycles. The highest BCUT2D eigenvalue weighted by atomic mass is 19.1. The second kappa shape index (κ2) is 8.26. The summed E-state index contributed by atoms with van der Waals surface area (Å²) in [5, 5.41) is 7.17. The SMILES string of the molecule is O=C(NCc1ccccc1)c1cc2n(n1)CCCN(Cc1ccc(F)cc1)C2=O. The van der Waals surface area contributed by atoms with E-state index in [9.17, 15) is 14.0 Å². The summed E-state index contributed by atoms with van der Waals surface area (Å²) in [6.45, 7) is 1.92. The van der Waals surface area contributed by atoms with Gasteiger partial charge in [-0.1, -0.05) is 42.5 Å². The van der Waals surface area contributed by atoms with Crippen molar-refractivity contribution in [1.82, 2.24) is 20.0 Å². The van der Waals surface area contributed by atoms with Crippen molar-refractivity contribution in [1.29, 1.82) is 0 Å². The Morgan fingerprint density at radius 3 is 2.55 bits per heavy atom. The Morgan fingerprint density at radius 2 is 1.79 bits per heavy atom. The molecule has 0 atom stereocenters. The minimum Gasteiger partial charge on any atom is -0.347 e. The van der Waals surface area contributed by atoms with Crippen LogP contribution in [0.4, 0.5) is 4.39 Å². The molecule has 2 amide bonds. The molecule has 1 aromatic heterocycles. The Balaban J connectivity index is 1.47. The van der Waals surface area contributed by atoms with Crippen LogP contribution in [0.3, 0.4) is 0 Å². The summed E-state index contributed by atoms with van der Waals surface area (Å²) in [4.78, 5) is 27.2. The van der Waals surface area contributed by atoms with Gasteiger partial charge in [0.15, 0.2) is 5.69 Å². The van der Waals surface area contributed by atoms with Crippen molar-refractivity contribution in [2.45, 2.75) is 26.1 Å². The third kappa shape index (κ3) is 4.34. The number of benzene rings is 2. The average Bonchev–Trinajstić information content (AvgIpc) is 3.11. The maximum absolute atomic E-state index is 13.1. The fourth-order valence-electron chi connectivity index (χ4n) is 3.38. The molecule has 2 heterocycles. The summed E-state index contributed by atoms with van der Waals surface area (Å²) in [5.74, 6) is -0.797. The third-order valence-electron chi connectivity index (χ3n) is 4.90. The molecule has 1 N–H and O–H groups in total. The van der Waals surface area contributed by atoms with Gasteiger partial charge < -0.3 is 10.2 Å². The predicted molar refractivity (Wildman–Crippen MR) is 106 cm³/mol. The molecule has 148 valence electrons. The topological polar surface area (TPSA) is 67.2 Å². The number of amides is 2. The Kier molecular flexibility index (Phi) is 5.37. The van der Waals surface area contributed by atoms with Crippen LogP contribution in [0.5, 0.6) is 0 Å². The van der Waals surface area contributed by atoms with Gasteiger partial charge in [-0.3, -0.25) is 14.3 Å². The van der Waals surface area contributed by atoms with Gasteiger partial charge in [-0.2, -0.15) is 5.10 Å². The number of carbonyl (C=O) groups is 2. The van der Waals surface area contributed by atoms with Crippen LogP contribution in [0.1, 0.15) is 38.5 Å². The van der Waals surface area contributed by atoms with Gasteiger partial charge >= 0.3 is 0 Å². The molecular formula is C22H21FN4O2. The molecule has 6 nitrogen and oxygen atoms in total. The van der Waals surface area contributed by atoms with E-state index in [0.717, 1.165) is 17.5 Å².